The maximum atomic E-state index is 11.9. The van der Waals surface area contributed by atoms with Crippen molar-refractivity contribution < 1.29 is 61.8 Å². The highest BCUT2D eigenvalue weighted by molar-refractivity contribution is 6.31. The molecule has 1 amide bonds. The van der Waals surface area contributed by atoms with Crippen LogP contribution >= 0.6 is 23.2 Å². The quantitative estimate of drug-likeness (QED) is 0.260. The van der Waals surface area contributed by atoms with Gasteiger partial charge in [-0.15, -0.1) is 0 Å². The number of carbonyl (C=O) groups is 3. The van der Waals surface area contributed by atoms with Crippen LogP contribution in [0.15, 0.2) is 36.4 Å². The van der Waals surface area contributed by atoms with Gasteiger partial charge >= 0.3 is 19.2 Å². The van der Waals surface area contributed by atoms with E-state index in [9.17, 15) is 42.2 Å². The van der Waals surface area contributed by atoms with Crippen LogP contribution in [-0.4, -0.2) is 59.0 Å². The summed E-state index contributed by atoms with van der Waals surface area (Å²) in [5.74, 6) is -4.13. The number of hydrogen-bond acceptors (Lipinski definition) is 9. The number of benzene rings is 2. The van der Waals surface area contributed by atoms with Crippen molar-refractivity contribution in [2.24, 2.45) is 5.73 Å². The molecule has 1 fully saturated rings. The van der Waals surface area contributed by atoms with E-state index in [0.717, 1.165) is 55.8 Å². The van der Waals surface area contributed by atoms with Crippen LogP contribution in [0, 0.1) is 0 Å². The average molecular weight is 618 g/mol. The Morgan fingerprint density at radius 2 is 1.35 bits per heavy atom. The maximum Gasteiger partial charge on any atom is 0.387 e. The Hall–Kier alpha value is -3.37. The lowest BCUT2D eigenvalue weighted by molar-refractivity contribution is -0.315. The first-order chi connectivity index (χ1) is 18.6. The van der Waals surface area contributed by atoms with Crippen molar-refractivity contribution in [3.63, 3.8) is 0 Å². The molecule has 2 aromatic rings. The number of aliphatic hydroxyl groups excluding tert-OH is 2. The molecule has 11 nitrogen and oxygen atoms in total. The van der Waals surface area contributed by atoms with Gasteiger partial charge in [0.25, 0.3) is 0 Å². The second kappa shape index (κ2) is 16.7. The molecule has 222 valence electrons. The van der Waals surface area contributed by atoms with Crippen molar-refractivity contribution in [1.82, 2.24) is 5.32 Å². The smallest absolute Gasteiger partial charge is 0.387 e. The number of carbonyl (C=O) groups excluding carboxylic acids is 2. The van der Waals surface area contributed by atoms with Crippen LogP contribution in [-0.2, 0) is 14.4 Å². The van der Waals surface area contributed by atoms with Crippen molar-refractivity contribution >= 4 is 41.0 Å². The van der Waals surface area contributed by atoms with Gasteiger partial charge in [-0.05, 0) is 66.9 Å². The van der Waals surface area contributed by atoms with Crippen molar-refractivity contribution in [3.05, 3.63) is 57.6 Å². The molecule has 0 radical (unpaired) electrons. The number of aliphatic carboxylic acids is 2. The van der Waals surface area contributed by atoms with E-state index in [2.05, 4.69) is 14.8 Å². The van der Waals surface area contributed by atoms with Crippen molar-refractivity contribution in [3.8, 4) is 11.5 Å². The average Bonchev–Trinajstić information content (AvgIpc) is 3.38. The van der Waals surface area contributed by atoms with Crippen molar-refractivity contribution in [2.75, 3.05) is 6.54 Å². The lowest BCUT2D eigenvalue weighted by Gasteiger charge is -2.13. The molecule has 0 spiro atoms. The summed E-state index contributed by atoms with van der Waals surface area (Å²) < 4.78 is 55.6. The molecule has 3 rings (SSSR count). The van der Waals surface area contributed by atoms with Crippen LogP contribution in [0.5, 0.6) is 11.5 Å². The molecular formula is C23H23Cl2F4N2O9-. The fourth-order valence-corrected chi connectivity index (χ4v) is 3.50. The number of carboxylic acids is 2. The Balaban J connectivity index is 0.000000317. The zero-order valence-electron chi connectivity index (χ0n) is 20.1. The highest BCUT2D eigenvalue weighted by Gasteiger charge is 2.19. The third kappa shape index (κ3) is 12.7. The Labute approximate surface area is 234 Å². The van der Waals surface area contributed by atoms with Crippen LogP contribution in [0.1, 0.15) is 36.2 Å². The number of carboxylic acid groups (broad SMARTS) is 2. The molecule has 3 atom stereocenters. The minimum absolute atomic E-state index is 0.00606. The summed E-state index contributed by atoms with van der Waals surface area (Å²) >= 11 is 11.1. The highest BCUT2D eigenvalue weighted by Crippen LogP contribution is 2.27. The molecule has 1 unspecified atom stereocenters. The molecule has 0 saturated carbocycles. The highest BCUT2D eigenvalue weighted by atomic mass is 35.5. The number of hydrogen-bond donors (Lipinski definition) is 5. The number of alkyl halides is 4. The van der Waals surface area contributed by atoms with Crippen LogP contribution in [0.3, 0.4) is 0 Å². The van der Waals surface area contributed by atoms with Crippen molar-refractivity contribution in [1.29, 1.82) is 0 Å². The third-order valence-electron chi connectivity index (χ3n) is 4.73. The van der Waals surface area contributed by atoms with Crippen LogP contribution in [0.2, 0.25) is 10.0 Å². The first kappa shape index (κ1) is 34.7. The normalized spacial score (nSPS) is 15.7. The minimum Gasteiger partial charge on any atom is -0.547 e. The molecule has 1 aliphatic rings. The van der Waals surface area contributed by atoms with Gasteiger partial charge in [0.1, 0.15) is 17.6 Å². The minimum atomic E-state index is -3.06. The molecule has 1 aliphatic heterocycles. The van der Waals surface area contributed by atoms with E-state index in [1.807, 2.05) is 0 Å². The Bertz CT molecular complexity index is 1080. The summed E-state index contributed by atoms with van der Waals surface area (Å²) in [5.41, 5.74) is 4.68. The first-order valence-corrected chi connectivity index (χ1v) is 11.7. The molecule has 1 heterocycles. The van der Waals surface area contributed by atoms with Gasteiger partial charge in [-0.25, -0.2) is 4.79 Å². The van der Waals surface area contributed by atoms with Crippen LogP contribution in [0.4, 0.5) is 17.6 Å². The van der Waals surface area contributed by atoms with E-state index in [1.165, 1.54) is 0 Å². The second-order valence-electron chi connectivity index (χ2n) is 7.71. The molecule has 40 heavy (non-hydrogen) atoms. The van der Waals surface area contributed by atoms with Gasteiger partial charge in [0.05, 0.1) is 12.0 Å². The fraction of sp³-hybridized carbons (Fsp3) is 0.348. The van der Waals surface area contributed by atoms with Gasteiger partial charge in [-0.2, -0.15) is 17.6 Å². The van der Waals surface area contributed by atoms with Gasteiger partial charge in [0, 0.05) is 10.0 Å². The molecule has 6 N–H and O–H groups in total. The van der Waals surface area contributed by atoms with E-state index < -0.39 is 37.4 Å². The van der Waals surface area contributed by atoms with E-state index in [4.69, 9.17) is 39.1 Å². The summed E-state index contributed by atoms with van der Waals surface area (Å²) in [6.45, 7) is -5.17. The van der Waals surface area contributed by atoms with Gasteiger partial charge in [-0.3, -0.25) is 4.79 Å². The van der Waals surface area contributed by atoms with E-state index in [1.54, 1.807) is 0 Å². The number of rotatable bonds is 9. The number of halogens is 6. The predicted molar refractivity (Wildman–Crippen MR) is 129 cm³/mol. The fourth-order valence-electron chi connectivity index (χ4n) is 3.03. The summed E-state index contributed by atoms with van der Waals surface area (Å²) in [4.78, 5) is 31.2. The lowest BCUT2D eigenvalue weighted by atomic mass is 10.1. The monoisotopic (exact) mass is 617 g/mol. The number of nitrogens with one attached hydrogen (secondary N) is 1. The lowest BCUT2D eigenvalue weighted by Crippen LogP contribution is -2.36. The number of aliphatic hydroxyl groups is 2. The molecule has 0 aliphatic carbocycles. The summed E-state index contributed by atoms with van der Waals surface area (Å²) in [6.07, 6.45) is -1.79. The second-order valence-corrected chi connectivity index (χ2v) is 8.58. The molecule has 2 aromatic carbocycles. The van der Waals surface area contributed by atoms with Gasteiger partial charge in [0.2, 0.25) is 5.91 Å². The largest absolute Gasteiger partial charge is 0.547 e. The number of primary amides is 1. The number of nitrogens with two attached hydrogens (primary N) is 1. The zero-order valence-corrected chi connectivity index (χ0v) is 21.6. The first-order valence-electron chi connectivity index (χ1n) is 10.9. The molecule has 17 heteroatoms. The molecule has 0 aromatic heterocycles. The SMILES string of the molecule is NC(=O)[C@@H]1CCCN1.O=C(O)C(O)c1cc(Cl)cc(OC(F)F)c1.O=C([O-])[C@@H](O)c1cc(Cl)cc(OC(F)F)c1. The topological polar surface area (TPSA) is 191 Å². The van der Waals surface area contributed by atoms with E-state index in [-0.39, 0.29) is 44.6 Å². The Morgan fingerprint density at radius 3 is 1.65 bits per heavy atom. The maximum absolute atomic E-state index is 11.9. The summed E-state index contributed by atoms with van der Waals surface area (Å²) in [7, 11) is 0. The molecule has 0 bridgehead atoms. The predicted octanol–water partition coefficient (Wildman–Crippen LogP) is 2.01. The third-order valence-corrected chi connectivity index (χ3v) is 5.17. The molecular weight excluding hydrogens is 595 g/mol. The van der Waals surface area contributed by atoms with Gasteiger partial charge in [0.15, 0.2) is 6.10 Å². The van der Waals surface area contributed by atoms with E-state index in [0.29, 0.717) is 0 Å². The van der Waals surface area contributed by atoms with Crippen LogP contribution in [0.25, 0.3) is 0 Å². The van der Waals surface area contributed by atoms with Gasteiger partial charge in [-0.1, -0.05) is 23.2 Å². The zero-order chi connectivity index (χ0) is 30.6. The van der Waals surface area contributed by atoms with Crippen LogP contribution < -0.4 is 25.6 Å². The standard InChI is InChI=1S/2C9H7ClF2O4.C5H10N2O/c2*10-5-1-4(7(13)8(14)15)2-6(3-5)16-9(11)12;6-5(8)4-2-1-3-7-4/h2*1-3,7,9,13H,(H,14,15);4,7H,1-3H2,(H2,6,8)/p-1/t7-;;4-/m0.0/s1. The van der Waals surface area contributed by atoms with E-state index >= 15 is 0 Å². The van der Waals surface area contributed by atoms with Crippen molar-refractivity contribution in [2.45, 2.75) is 44.3 Å². The summed E-state index contributed by atoms with van der Waals surface area (Å²) in [6, 6.07) is 6.30. The molecule has 1 saturated heterocycles. The summed E-state index contributed by atoms with van der Waals surface area (Å²) in [5, 5.41) is 40.1. The number of amides is 1. The van der Waals surface area contributed by atoms with Gasteiger partial charge < -0.3 is 45.7 Å². The Morgan fingerprint density at radius 1 is 0.900 bits per heavy atom. The Kier molecular flexibility index (Phi) is 14.4. The number of ether oxygens (including phenoxy) is 2.